The van der Waals surface area contributed by atoms with Crippen molar-refractivity contribution in [3.05, 3.63) is 23.8 Å². The van der Waals surface area contributed by atoms with Gasteiger partial charge in [-0.1, -0.05) is 13.8 Å². The molecule has 0 aliphatic heterocycles. The van der Waals surface area contributed by atoms with Crippen molar-refractivity contribution in [2.24, 2.45) is 5.92 Å². The average Bonchev–Trinajstić information content (AvgIpc) is 2.82. The summed E-state index contributed by atoms with van der Waals surface area (Å²) in [6, 6.07) is 0.778. The second kappa shape index (κ2) is 5.86. The first-order chi connectivity index (χ1) is 9.88. The maximum atomic E-state index is 12.1. The zero-order valence-corrected chi connectivity index (χ0v) is 12.1. The lowest BCUT2D eigenvalue weighted by molar-refractivity contribution is -0.139. The molecule has 0 saturated carbocycles. The molecule has 0 aliphatic rings. The summed E-state index contributed by atoms with van der Waals surface area (Å²) >= 11 is 0. The molecule has 0 aliphatic carbocycles. The van der Waals surface area contributed by atoms with Crippen molar-refractivity contribution in [1.29, 1.82) is 0 Å². The van der Waals surface area contributed by atoms with E-state index in [4.69, 9.17) is 5.11 Å². The van der Waals surface area contributed by atoms with Gasteiger partial charge in [0.1, 0.15) is 6.04 Å². The molecule has 0 fully saturated rings. The van der Waals surface area contributed by atoms with E-state index in [9.17, 15) is 9.59 Å². The van der Waals surface area contributed by atoms with Crippen molar-refractivity contribution >= 4 is 17.7 Å². The summed E-state index contributed by atoms with van der Waals surface area (Å²) < 4.78 is 1.44. The summed E-state index contributed by atoms with van der Waals surface area (Å²) in [5.74, 6) is -1.34. The largest absolute Gasteiger partial charge is 0.480 e. The van der Waals surface area contributed by atoms with Crippen LogP contribution in [0, 0.1) is 12.8 Å². The normalized spacial score (nSPS) is 12.6. The topological polar surface area (TPSA) is 109 Å². The predicted octanol–water partition coefficient (Wildman–Crippen LogP) is 0.662. The zero-order chi connectivity index (χ0) is 15.6. The van der Waals surface area contributed by atoms with Crippen LogP contribution in [0.2, 0.25) is 0 Å². The van der Waals surface area contributed by atoms with Crippen molar-refractivity contribution in [3.63, 3.8) is 0 Å². The van der Waals surface area contributed by atoms with E-state index in [-0.39, 0.29) is 11.7 Å². The van der Waals surface area contributed by atoms with Gasteiger partial charge >= 0.3 is 5.97 Å². The minimum absolute atomic E-state index is 0.0909. The zero-order valence-electron chi connectivity index (χ0n) is 12.1. The van der Waals surface area contributed by atoms with Crippen LogP contribution in [-0.2, 0) is 4.79 Å². The summed E-state index contributed by atoms with van der Waals surface area (Å²) in [4.78, 5) is 31.2. The van der Waals surface area contributed by atoms with E-state index in [0.29, 0.717) is 12.2 Å². The molecule has 2 aromatic rings. The summed E-state index contributed by atoms with van der Waals surface area (Å²) in [5.41, 5.74) is 0.781. The Hall–Kier alpha value is -2.51. The van der Waals surface area contributed by atoms with Crippen molar-refractivity contribution < 1.29 is 14.7 Å². The summed E-state index contributed by atoms with van der Waals surface area (Å²) in [6.45, 7) is 5.58. The van der Waals surface area contributed by atoms with Gasteiger partial charge in [-0.15, -0.1) is 5.10 Å². The lowest BCUT2D eigenvalue weighted by Gasteiger charge is -2.15. The van der Waals surface area contributed by atoms with Crippen LogP contribution in [0.1, 0.15) is 36.6 Å². The Kier molecular flexibility index (Phi) is 4.15. The van der Waals surface area contributed by atoms with Gasteiger partial charge in [0.2, 0.25) is 5.82 Å². The minimum atomic E-state index is -1.07. The van der Waals surface area contributed by atoms with Crippen LogP contribution in [0.4, 0.5) is 0 Å². The van der Waals surface area contributed by atoms with Gasteiger partial charge in [-0.2, -0.15) is 4.98 Å². The highest BCUT2D eigenvalue weighted by molar-refractivity contribution is 5.93. The molecule has 2 N–H and O–H groups in total. The third-order valence-electron chi connectivity index (χ3n) is 2.94. The fraction of sp³-hybridized carbons (Fsp3) is 0.462. The molecule has 21 heavy (non-hydrogen) atoms. The third-order valence-corrected chi connectivity index (χ3v) is 2.94. The molecule has 8 nitrogen and oxygen atoms in total. The molecule has 2 rings (SSSR count). The highest BCUT2D eigenvalue weighted by Gasteiger charge is 2.24. The Morgan fingerprint density at radius 1 is 1.43 bits per heavy atom. The molecule has 8 heteroatoms. The quantitative estimate of drug-likeness (QED) is 0.837. The number of aromatic nitrogens is 4. The number of carboxylic acids is 1. The molecule has 112 valence electrons. The number of aryl methyl sites for hydroxylation is 1. The van der Waals surface area contributed by atoms with E-state index in [1.807, 2.05) is 20.8 Å². The smallest absolute Gasteiger partial charge is 0.326 e. The molecule has 2 heterocycles. The van der Waals surface area contributed by atoms with Gasteiger partial charge in [0, 0.05) is 11.9 Å². The van der Waals surface area contributed by atoms with Crippen molar-refractivity contribution in [2.45, 2.75) is 33.2 Å². The number of rotatable bonds is 5. The standard InChI is InChI=1S/C13H17N5O3/c1-7(2)6-9(12(20)21)15-11(19)10-16-13-14-5-4-8(3)18(13)17-10/h4-5,7,9H,6H2,1-3H3,(H,15,19)(H,20,21)/t9-/m1/s1. The molecular weight excluding hydrogens is 274 g/mol. The number of nitrogens with zero attached hydrogens (tertiary/aromatic N) is 4. The summed E-state index contributed by atoms with van der Waals surface area (Å²) in [7, 11) is 0. The molecule has 0 aromatic carbocycles. The number of fused-ring (bicyclic) bond motifs is 1. The number of hydrogen-bond acceptors (Lipinski definition) is 5. The van der Waals surface area contributed by atoms with Crippen LogP contribution >= 0.6 is 0 Å². The lowest BCUT2D eigenvalue weighted by atomic mass is 10.0. The number of hydrogen-bond donors (Lipinski definition) is 2. The van der Waals surface area contributed by atoms with Gasteiger partial charge in [0.15, 0.2) is 0 Å². The van der Waals surface area contributed by atoms with Gasteiger partial charge in [-0.05, 0) is 25.3 Å². The minimum Gasteiger partial charge on any atom is -0.480 e. The monoisotopic (exact) mass is 291 g/mol. The van der Waals surface area contributed by atoms with E-state index in [2.05, 4.69) is 20.4 Å². The van der Waals surface area contributed by atoms with Crippen LogP contribution < -0.4 is 5.32 Å². The molecular formula is C13H17N5O3. The molecule has 0 unspecified atom stereocenters. The molecule has 1 amide bonds. The number of carbonyl (C=O) groups excluding carboxylic acids is 1. The Morgan fingerprint density at radius 3 is 2.71 bits per heavy atom. The number of carboxylic acid groups (broad SMARTS) is 1. The van der Waals surface area contributed by atoms with E-state index < -0.39 is 17.9 Å². The first-order valence-electron chi connectivity index (χ1n) is 6.60. The number of carbonyl (C=O) groups is 2. The Balaban J connectivity index is 2.21. The second-order valence-electron chi connectivity index (χ2n) is 5.23. The first kappa shape index (κ1) is 14.9. The fourth-order valence-corrected chi connectivity index (χ4v) is 1.92. The highest BCUT2D eigenvalue weighted by Crippen LogP contribution is 2.07. The Bertz CT molecular complexity index is 679. The molecule has 0 radical (unpaired) electrons. The number of aliphatic carboxylic acids is 1. The predicted molar refractivity (Wildman–Crippen MR) is 73.9 cm³/mol. The maximum Gasteiger partial charge on any atom is 0.326 e. The molecule has 0 bridgehead atoms. The van der Waals surface area contributed by atoms with Gasteiger partial charge in [0.25, 0.3) is 11.7 Å². The van der Waals surface area contributed by atoms with Crippen molar-refractivity contribution in [3.8, 4) is 0 Å². The van der Waals surface area contributed by atoms with E-state index >= 15 is 0 Å². The first-order valence-corrected chi connectivity index (χ1v) is 6.60. The molecule has 2 aromatic heterocycles. The van der Waals surface area contributed by atoms with E-state index in [0.717, 1.165) is 5.69 Å². The average molecular weight is 291 g/mol. The van der Waals surface area contributed by atoms with Crippen LogP contribution in [0.3, 0.4) is 0 Å². The Labute approximate surface area is 121 Å². The fourth-order valence-electron chi connectivity index (χ4n) is 1.92. The molecule has 0 spiro atoms. The van der Waals surface area contributed by atoms with Gasteiger partial charge in [-0.25, -0.2) is 14.3 Å². The lowest BCUT2D eigenvalue weighted by Crippen LogP contribution is -2.42. The highest BCUT2D eigenvalue weighted by atomic mass is 16.4. The van der Waals surface area contributed by atoms with E-state index in [1.54, 1.807) is 12.3 Å². The van der Waals surface area contributed by atoms with E-state index in [1.165, 1.54) is 4.52 Å². The number of nitrogens with one attached hydrogen (secondary N) is 1. The van der Waals surface area contributed by atoms with Crippen LogP contribution in [0.25, 0.3) is 5.78 Å². The molecule has 1 atom stereocenters. The van der Waals surface area contributed by atoms with Crippen molar-refractivity contribution in [1.82, 2.24) is 24.9 Å². The van der Waals surface area contributed by atoms with Gasteiger partial charge < -0.3 is 10.4 Å². The summed E-state index contributed by atoms with van der Waals surface area (Å²) in [5, 5.41) is 15.6. The second-order valence-corrected chi connectivity index (χ2v) is 5.23. The van der Waals surface area contributed by atoms with Gasteiger partial charge in [-0.3, -0.25) is 4.79 Å². The van der Waals surface area contributed by atoms with Crippen LogP contribution in [0.5, 0.6) is 0 Å². The maximum absolute atomic E-state index is 12.1. The Morgan fingerprint density at radius 2 is 2.14 bits per heavy atom. The summed E-state index contributed by atoms with van der Waals surface area (Å²) in [6.07, 6.45) is 1.91. The molecule has 0 saturated heterocycles. The van der Waals surface area contributed by atoms with Crippen LogP contribution in [-0.4, -0.2) is 42.6 Å². The third kappa shape index (κ3) is 3.33. The van der Waals surface area contributed by atoms with Crippen LogP contribution in [0.15, 0.2) is 12.3 Å². The van der Waals surface area contributed by atoms with Crippen molar-refractivity contribution in [2.75, 3.05) is 0 Å². The van der Waals surface area contributed by atoms with Gasteiger partial charge in [0.05, 0.1) is 0 Å². The SMILES string of the molecule is Cc1ccnc2nc(C(=O)N[C@H](CC(C)C)C(=O)O)nn12. The number of amides is 1.